The van der Waals surface area contributed by atoms with Gasteiger partial charge in [0.15, 0.2) is 5.82 Å². The summed E-state index contributed by atoms with van der Waals surface area (Å²) in [6, 6.07) is 2.33. The van der Waals surface area contributed by atoms with E-state index in [0.29, 0.717) is 24.6 Å². The van der Waals surface area contributed by atoms with Gasteiger partial charge in [-0.25, -0.2) is 0 Å². The van der Waals surface area contributed by atoms with Crippen LogP contribution in [0.5, 0.6) is 0 Å². The molecule has 1 atom stereocenters. The first-order valence-electron chi connectivity index (χ1n) is 9.12. The number of carbonyl (C=O) groups excluding carboxylic acids is 1. The molecule has 1 saturated heterocycles. The highest BCUT2D eigenvalue weighted by molar-refractivity contribution is 5.76. The van der Waals surface area contributed by atoms with E-state index in [4.69, 9.17) is 4.52 Å². The molecular formula is C18H27N5O2. The molecule has 3 rings (SSSR count). The van der Waals surface area contributed by atoms with Gasteiger partial charge in [-0.2, -0.15) is 10.1 Å². The number of piperidine rings is 1. The highest BCUT2D eigenvalue weighted by Crippen LogP contribution is 2.21. The lowest BCUT2D eigenvalue weighted by molar-refractivity contribution is -0.135. The van der Waals surface area contributed by atoms with Gasteiger partial charge >= 0.3 is 0 Å². The minimum Gasteiger partial charge on any atom is -0.339 e. The van der Waals surface area contributed by atoms with E-state index in [1.165, 1.54) is 6.42 Å². The van der Waals surface area contributed by atoms with Crippen LogP contribution in [0.15, 0.2) is 10.6 Å². The zero-order chi connectivity index (χ0) is 17.8. The predicted molar refractivity (Wildman–Crippen MR) is 93.0 cm³/mol. The molecule has 1 aliphatic rings. The van der Waals surface area contributed by atoms with Gasteiger partial charge in [-0.3, -0.25) is 9.48 Å². The number of hydrogen-bond acceptors (Lipinski definition) is 5. The van der Waals surface area contributed by atoms with Gasteiger partial charge in [0.05, 0.1) is 18.3 Å². The number of likely N-dealkylation sites (tertiary alicyclic amines) is 1. The largest absolute Gasteiger partial charge is 0.339 e. The maximum Gasteiger partial charge on any atom is 0.226 e. The summed E-state index contributed by atoms with van der Waals surface area (Å²) in [5.41, 5.74) is 2.18. The Bertz CT molecular complexity index is 721. The SMILES string of the molecule is Cc1cc(C)n(CC2CCCCN2C(=O)CCCc2nc(C)no2)n1. The van der Waals surface area contributed by atoms with Crippen molar-refractivity contribution < 1.29 is 9.32 Å². The molecule has 0 aromatic carbocycles. The first-order chi connectivity index (χ1) is 12.0. The number of amides is 1. The molecule has 0 bridgehead atoms. The molecule has 136 valence electrons. The average molecular weight is 345 g/mol. The summed E-state index contributed by atoms with van der Waals surface area (Å²) >= 11 is 0. The van der Waals surface area contributed by atoms with Crippen LogP contribution in [0.1, 0.15) is 55.2 Å². The van der Waals surface area contributed by atoms with Crippen molar-refractivity contribution in [3.05, 3.63) is 29.2 Å². The molecule has 0 saturated carbocycles. The van der Waals surface area contributed by atoms with Crippen LogP contribution in [-0.2, 0) is 17.8 Å². The fourth-order valence-electron chi connectivity index (χ4n) is 3.55. The van der Waals surface area contributed by atoms with E-state index < -0.39 is 0 Å². The minimum atomic E-state index is 0.225. The van der Waals surface area contributed by atoms with Crippen LogP contribution < -0.4 is 0 Å². The first kappa shape index (κ1) is 17.6. The second-order valence-corrected chi connectivity index (χ2v) is 6.93. The van der Waals surface area contributed by atoms with Crippen LogP contribution in [0.3, 0.4) is 0 Å². The smallest absolute Gasteiger partial charge is 0.226 e. The summed E-state index contributed by atoms with van der Waals surface area (Å²) < 4.78 is 7.14. The van der Waals surface area contributed by atoms with Gasteiger partial charge in [0.2, 0.25) is 11.8 Å². The van der Waals surface area contributed by atoms with Crippen LogP contribution in [0.25, 0.3) is 0 Å². The molecule has 1 aliphatic heterocycles. The monoisotopic (exact) mass is 345 g/mol. The third-order valence-corrected chi connectivity index (χ3v) is 4.79. The number of nitrogens with zero attached hydrogens (tertiary/aromatic N) is 5. The normalized spacial score (nSPS) is 17.9. The lowest BCUT2D eigenvalue weighted by Crippen LogP contribution is -2.46. The molecule has 1 fully saturated rings. The van der Waals surface area contributed by atoms with Crippen molar-refractivity contribution in [3.8, 4) is 0 Å². The molecule has 0 N–H and O–H groups in total. The average Bonchev–Trinajstić information content (AvgIpc) is 3.13. The number of aromatic nitrogens is 4. The van der Waals surface area contributed by atoms with Gasteiger partial charge in [0, 0.05) is 25.1 Å². The van der Waals surface area contributed by atoms with Crippen molar-refractivity contribution in [1.82, 2.24) is 24.8 Å². The van der Waals surface area contributed by atoms with Crippen LogP contribution >= 0.6 is 0 Å². The maximum atomic E-state index is 12.7. The van der Waals surface area contributed by atoms with E-state index in [-0.39, 0.29) is 11.9 Å². The van der Waals surface area contributed by atoms with E-state index in [0.717, 1.165) is 43.7 Å². The Balaban J connectivity index is 1.56. The van der Waals surface area contributed by atoms with Gasteiger partial charge in [-0.15, -0.1) is 0 Å². The fourth-order valence-corrected chi connectivity index (χ4v) is 3.55. The minimum absolute atomic E-state index is 0.225. The van der Waals surface area contributed by atoms with Crippen molar-refractivity contribution in [2.24, 2.45) is 0 Å². The van der Waals surface area contributed by atoms with Gasteiger partial charge < -0.3 is 9.42 Å². The molecule has 25 heavy (non-hydrogen) atoms. The van der Waals surface area contributed by atoms with Gasteiger partial charge in [0.25, 0.3) is 0 Å². The third kappa shape index (κ3) is 4.46. The van der Waals surface area contributed by atoms with Crippen molar-refractivity contribution in [2.75, 3.05) is 6.54 Å². The second-order valence-electron chi connectivity index (χ2n) is 6.93. The highest BCUT2D eigenvalue weighted by atomic mass is 16.5. The van der Waals surface area contributed by atoms with Gasteiger partial charge in [0.1, 0.15) is 0 Å². The number of aryl methyl sites for hydroxylation is 4. The zero-order valence-corrected chi connectivity index (χ0v) is 15.4. The molecule has 1 amide bonds. The Kier molecular flexibility index (Phi) is 5.50. The van der Waals surface area contributed by atoms with E-state index in [2.05, 4.69) is 33.1 Å². The maximum absolute atomic E-state index is 12.7. The van der Waals surface area contributed by atoms with E-state index in [1.807, 2.05) is 11.6 Å². The van der Waals surface area contributed by atoms with Crippen LogP contribution in [0, 0.1) is 20.8 Å². The van der Waals surface area contributed by atoms with Crippen molar-refractivity contribution in [1.29, 1.82) is 0 Å². The molecule has 7 nitrogen and oxygen atoms in total. The Morgan fingerprint density at radius 1 is 1.32 bits per heavy atom. The number of rotatable bonds is 6. The van der Waals surface area contributed by atoms with Crippen LogP contribution in [-0.4, -0.2) is 43.3 Å². The van der Waals surface area contributed by atoms with Crippen molar-refractivity contribution in [3.63, 3.8) is 0 Å². The molecule has 2 aromatic heterocycles. The number of hydrogen-bond donors (Lipinski definition) is 0. The van der Waals surface area contributed by atoms with Gasteiger partial charge in [-0.1, -0.05) is 5.16 Å². The fraction of sp³-hybridized carbons (Fsp3) is 0.667. The molecule has 0 radical (unpaired) electrons. The molecule has 0 aliphatic carbocycles. The second kappa shape index (κ2) is 7.80. The predicted octanol–water partition coefficient (Wildman–Crippen LogP) is 2.60. The lowest BCUT2D eigenvalue weighted by atomic mass is 10.0. The zero-order valence-electron chi connectivity index (χ0n) is 15.4. The Hall–Kier alpha value is -2.18. The summed E-state index contributed by atoms with van der Waals surface area (Å²) in [6.45, 7) is 7.51. The summed E-state index contributed by atoms with van der Waals surface area (Å²) in [5.74, 6) is 1.48. The van der Waals surface area contributed by atoms with Gasteiger partial charge in [-0.05, 0) is 52.5 Å². The molecule has 7 heteroatoms. The third-order valence-electron chi connectivity index (χ3n) is 4.79. The van der Waals surface area contributed by atoms with Crippen LogP contribution in [0.2, 0.25) is 0 Å². The first-order valence-corrected chi connectivity index (χ1v) is 9.12. The number of carbonyl (C=O) groups is 1. The molecule has 1 unspecified atom stereocenters. The summed E-state index contributed by atoms with van der Waals surface area (Å²) in [7, 11) is 0. The topological polar surface area (TPSA) is 77.0 Å². The van der Waals surface area contributed by atoms with Crippen LogP contribution in [0.4, 0.5) is 0 Å². The van der Waals surface area contributed by atoms with E-state index in [9.17, 15) is 4.79 Å². The molecule has 2 aromatic rings. The summed E-state index contributed by atoms with van der Waals surface area (Å²) in [4.78, 5) is 19.0. The molecular weight excluding hydrogens is 318 g/mol. The molecule has 0 spiro atoms. The Labute approximate surface area is 148 Å². The summed E-state index contributed by atoms with van der Waals surface area (Å²) in [6.07, 6.45) is 5.23. The highest BCUT2D eigenvalue weighted by Gasteiger charge is 2.27. The molecule has 3 heterocycles. The van der Waals surface area contributed by atoms with E-state index >= 15 is 0 Å². The summed E-state index contributed by atoms with van der Waals surface area (Å²) in [5, 5.41) is 8.34. The Morgan fingerprint density at radius 3 is 2.84 bits per heavy atom. The van der Waals surface area contributed by atoms with Crippen molar-refractivity contribution in [2.45, 2.75) is 71.9 Å². The Morgan fingerprint density at radius 2 is 2.16 bits per heavy atom. The lowest BCUT2D eigenvalue weighted by Gasteiger charge is -2.36. The van der Waals surface area contributed by atoms with Crippen molar-refractivity contribution >= 4 is 5.91 Å². The quantitative estimate of drug-likeness (QED) is 0.804. The van der Waals surface area contributed by atoms with E-state index in [1.54, 1.807) is 6.92 Å². The standard InChI is InChI=1S/C18H27N5O2/c1-13-11-14(2)23(20-13)12-16-7-4-5-10-22(16)18(24)9-6-8-17-19-15(3)21-25-17/h11,16H,4-10,12H2,1-3H3.